The lowest BCUT2D eigenvalue weighted by Crippen LogP contribution is -1.92. The Bertz CT molecular complexity index is 367. The monoisotopic (exact) mass is 266 g/mol. The van der Waals surface area contributed by atoms with Gasteiger partial charge in [-0.05, 0) is 38.7 Å². The number of aryl methyl sites for hydroxylation is 1. The zero-order chi connectivity index (χ0) is 13.4. The van der Waals surface area contributed by atoms with Gasteiger partial charge in [-0.3, -0.25) is 0 Å². The van der Waals surface area contributed by atoms with Crippen LogP contribution in [0.15, 0.2) is 35.9 Å². The third-order valence-electron chi connectivity index (χ3n) is 3.05. The summed E-state index contributed by atoms with van der Waals surface area (Å²) in [5.41, 5.74) is 3.88. The molecule has 0 aliphatic rings. The van der Waals surface area contributed by atoms with Gasteiger partial charge in [-0.15, -0.1) is 11.6 Å². The van der Waals surface area contributed by atoms with Gasteiger partial charge in [0.25, 0.3) is 0 Å². The molecule has 0 bridgehead atoms. The number of methoxy groups -OCH3 is 1. The summed E-state index contributed by atoms with van der Waals surface area (Å²) in [6, 6.07) is 8.48. The third-order valence-corrected chi connectivity index (χ3v) is 3.52. The van der Waals surface area contributed by atoms with Crippen LogP contribution in [0.1, 0.15) is 42.7 Å². The molecule has 0 fully saturated rings. The van der Waals surface area contributed by atoms with E-state index in [2.05, 4.69) is 44.2 Å². The second-order valence-electron chi connectivity index (χ2n) is 4.75. The Labute approximate surface area is 116 Å². The molecule has 18 heavy (non-hydrogen) atoms. The SMILES string of the molecule is COCCC=C(C)CCC(Cl)c1ccc(C)cc1. The molecular formula is C16H23ClO. The molecule has 0 aliphatic carbocycles. The quantitative estimate of drug-likeness (QED) is 0.382. The van der Waals surface area contributed by atoms with E-state index in [9.17, 15) is 0 Å². The molecule has 0 spiro atoms. The van der Waals surface area contributed by atoms with Gasteiger partial charge in [0.05, 0.1) is 5.38 Å². The smallest absolute Gasteiger partial charge is 0.0588 e. The van der Waals surface area contributed by atoms with Gasteiger partial charge in [0.2, 0.25) is 0 Å². The van der Waals surface area contributed by atoms with Crippen LogP contribution in [0.4, 0.5) is 0 Å². The van der Waals surface area contributed by atoms with Crippen LogP contribution >= 0.6 is 11.6 Å². The lowest BCUT2D eigenvalue weighted by atomic mass is 10.0. The Hall–Kier alpha value is -0.790. The van der Waals surface area contributed by atoms with E-state index in [1.807, 2.05) is 0 Å². The molecule has 0 amide bonds. The number of rotatable bonds is 7. The maximum atomic E-state index is 6.41. The number of allylic oxidation sites excluding steroid dienone is 1. The molecule has 1 aromatic rings. The molecule has 0 heterocycles. The number of hydrogen-bond donors (Lipinski definition) is 0. The lowest BCUT2D eigenvalue weighted by Gasteiger charge is -2.10. The second-order valence-corrected chi connectivity index (χ2v) is 5.28. The van der Waals surface area contributed by atoms with Crippen molar-refractivity contribution < 1.29 is 4.74 Å². The minimum Gasteiger partial charge on any atom is -0.384 e. The lowest BCUT2D eigenvalue weighted by molar-refractivity contribution is 0.204. The summed E-state index contributed by atoms with van der Waals surface area (Å²) >= 11 is 6.41. The van der Waals surface area contributed by atoms with Gasteiger partial charge >= 0.3 is 0 Å². The minimum atomic E-state index is 0.108. The van der Waals surface area contributed by atoms with Crippen molar-refractivity contribution >= 4 is 11.6 Å². The molecule has 0 aromatic heterocycles. The molecule has 1 atom stereocenters. The highest BCUT2D eigenvalue weighted by Gasteiger charge is 2.07. The molecule has 1 nitrogen and oxygen atoms in total. The van der Waals surface area contributed by atoms with E-state index < -0.39 is 0 Å². The van der Waals surface area contributed by atoms with Gasteiger partial charge in [-0.2, -0.15) is 0 Å². The fourth-order valence-electron chi connectivity index (χ4n) is 1.82. The Kier molecular flexibility index (Phi) is 7.07. The molecule has 0 aliphatic heterocycles. The Morgan fingerprint density at radius 2 is 2.00 bits per heavy atom. The van der Waals surface area contributed by atoms with Crippen molar-refractivity contribution in [2.45, 2.75) is 38.5 Å². The molecule has 0 saturated carbocycles. The van der Waals surface area contributed by atoms with E-state index >= 15 is 0 Å². The molecule has 2 heteroatoms. The van der Waals surface area contributed by atoms with E-state index in [-0.39, 0.29) is 5.38 Å². The van der Waals surface area contributed by atoms with Crippen LogP contribution in [0, 0.1) is 6.92 Å². The van der Waals surface area contributed by atoms with E-state index in [1.165, 1.54) is 16.7 Å². The van der Waals surface area contributed by atoms with Gasteiger partial charge in [0, 0.05) is 13.7 Å². The fourth-order valence-corrected chi connectivity index (χ4v) is 2.08. The van der Waals surface area contributed by atoms with Crippen LogP contribution in [0.25, 0.3) is 0 Å². The van der Waals surface area contributed by atoms with Crippen LogP contribution in [0.3, 0.4) is 0 Å². The predicted octanol–water partition coefficient (Wildman–Crippen LogP) is 5.04. The molecule has 0 N–H and O–H groups in total. The third kappa shape index (κ3) is 5.70. The average Bonchev–Trinajstić information content (AvgIpc) is 2.37. The van der Waals surface area contributed by atoms with Gasteiger partial charge < -0.3 is 4.74 Å². The number of halogens is 1. The first-order chi connectivity index (χ1) is 8.63. The van der Waals surface area contributed by atoms with Crippen LogP contribution in [-0.2, 0) is 4.74 Å². The molecule has 1 aromatic carbocycles. The molecule has 100 valence electrons. The van der Waals surface area contributed by atoms with Crippen molar-refractivity contribution in [3.8, 4) is 0 Å². The van der Waals surface area contributed by atoms with Crippen molar-refractivity contribution in [2.24, 2.45) is 0 Å². The molecule has 0 saturated heterocycles. The van der Waals surface area contributed by atoms with Gasteiger partial charge in [0.15, 0.2) is 0 Å². The molecule has 1 rings (SSSR count). The van der Waals surface area contributed by atoms with Crippen molar-refractivity contribution in [2.75, 3.05) is 13.7 Å². The van der Waals surface area contributed by atoms with Crippen molar-refractivity contribution in [1.82, 2.24) is 0 Å². The van der Waals surface area contributed by atoms with E-state index in [0.717, 1.165) is 25.9 Å². The topological polar surface area (TPSA) is 9.23 Å². The van der Waals surface area contributed by atoms with Gasteiger partial charge in [-0.25, -0.2) is 0 Å². The van der Waals surface area contributed by atoms with Gasteiger partial charge in [0.1, 0.15) is 0 Å². The minimum absolute atomic E-state index is 0.108. The summed E-state index contributed by atoms with van der Waals surface area (Å²) in [5.74, 6) is 0. The second kappa shape index (κ2) is 8.34. The van der Waals surface area contributed by atoms with Crippen LogP contribution in [0.2, 0.25) is 0 Å². The standard InChI is InChI=1S/C16H23ClO/c1-13(5-4-12-18-3)8-11-16(17)15-9-6-14(2)7-10-15/h5-7,9-10,16H,4,8,11-12H2,1-3H3. The first-order valence-electron chi connectivity index (χ1n) is 6.48. The summed E-state index contributed by atoms with van der Waals surface area (Å²) in [6.45, 7) is 5.05. The number of hydrogen-bond acceptors (Lipinski definition) is 1. The first-order valence-corrected chi connectivity index (χ1v) is 6.92. The Morgan fingerprint density at radius 3 is 2.61 bits per heavy atom. The highest BCUT2D eigenvalue weighted by atomic mass is 35.5. The van der Waals surface area contributed by atoms with Crippen LogP contribution in [0.5, 0.6) is 0 Å². The maximum absolute atomic E-state index is 6.41. The molecular weight excluding hydrogens is 244 g/mol. The normalized spacial score (nSPS) is 13.7. The Balaban J connectivity index is 2.38. The van der Waals surface area contributed by atoms with E-state index in [4.69, 9.17) is 16.3 Å². The summed E-state index contributed by atoms with van der Waals surface area (Å²) in [7, 11) is 1.73. The zero-order valence-electron chi connectivity index (χ0n) is 11.6. The maximum Gasteiger partial charge on any atom is 0.0588 e. The summed E-state index contributed by atoms with van der Waals surface area (Å²) in [4.78, 5) is 0. The number of alkyl halides is 1. The van der Waals surface area contributed by atoms with Crippen molar-refractivity contribution in [3.63, 3.8) is 0 Å². The van der Waals surface area contributed by atoms with E-state index in [1.54, 1.807) is 7.11 Å². The fraction of sp³-hybridized carbons (Fsp3) is 0.500. The number of benzene rings is 1. The first kappa shape index (κ1) is 15.3. The van der Waals surface area contributed by atoms with Crippen LogP contribution < -0.4 is 0 Å². The zero-order valence-corrected chi connectivity index (χ0v) is 12.3. The predicted molar refractivity (Wildman–Crippen MR) is 79.3 cm³/mol. The highest BCUT2D eigenvalue weighted by Crippen LogP contribution is 2.27. The number of ether oxygens (including phenoxy) is 1. The van der Waals surface area contributed by atoms with Gasteiger partial charge in [-0.1, -0.05) is 41.5 Å². The van der Waals surface area contributed by atoms with Crippen molar-refractivity contribution in [3.05, 3.63) is 47.0 Å². The summed E-state index contributed by atoms with van der Waals surface area (Å²) in [5, 5.41) is 0.108. The molecule has 1 unspecified atom stereocenters. The van der Waals surface area contributed by atoms with E-state index in [0.29, 0.717) is 0 Å². The largest absolute Gasteiger partial charge is 0.384 e. The average molecular weight is 267 g/mol. The highest BCUT2D eigenvalue weighted by molar-refractivity contribution is 6.20. The summed E-state index contributed by atoms with van der Waals surface area (Å²) < 4.78 is 5.03. The van der Waals surface area contributed by atoms with Crippen LogP contribution in [-0.4, -0.2) is 13.7 Å². The summed E-state index contributed by atoms with van der Waals surface area (Å²) in [6.07, 6.45) is 5.26. The molecule has 0 radical (unpaired) electrons. The van der Waals surface area contributed by atoms with Crippen molar-refractivity contribution in [1.29, 1.82) is 0 Å². The Morgan fingerprint density at radius 1 is 1.33 bits per heavy atom.